The molecular weight excluding hydrogens is 290 g/mol. The molecule has 0 saturated carbocycles. The molecule has 118 valence electrons. The van der Waals surface area contributed by atoms with Crippen molar-refractivity contribution in [3.63, 3.8) is 0 Å². The maximum Gasteiger partial charge on any atom is 0.255 e. The van der Waals surface area contributed by atoms with Gasteiger partial charge in [0.15, 0.2) is 0 Å². The Labute approximate surface area is 134 Å². The molecule has 0 aliphatic rings. The van der Waals surface area contributed by atoms with Gasteiger partial charge >= 0.3 is 0 Å². The van der Waals surface area contributed by atoms with E-state index in [0.29, 0.717) is 11.4 Å². The minimum Gasteiger partial charge on any atom is -0.481 e. The molecule has 0 atom stereocenters. The Morgan fingerprint density at radius 3 is 2.48 bits per heavy atom. The number of ether oxygens (including phenoxy) is 1. The number of fused-ring (bicyclic) bond motifs is 1. The predicted molar refractivity (Wildman–Crippen MR) is 91.1 cm³/mol. The van der Waals surface area contributed by atoms with Crippen LogP contribution in [-0.4, -0.2) is 22.8 Å². The molecule has 5 heteroatoms. The van der Waals surface area contributed by atoms with Crippen LogP contribution in [0.15, 0.2) is 36.4 Å². The number of hydrogen-bond donors (Lipinski definition) is 1. The topological polar surface area (TPSA) is 56.1 Å². The Balaban J connectivity index is 1.91. The van der Waals surface area contributed by atoms with Crippen molar-refractivity contribution in [2.45, 2.75) is 13.8 Å². The highest BCUT2D eigenvalue weighted by atomic mass is 16.5. The van der Waals surface area contributed by atoms with Crippen LogP contribution in [0.3, 0.4) is 0 Å². The summed E-state index contributed by atoms with van der Waals surface area (Å²) >= 11 is 0. The van der Waals surface area contributed by atoms with Crippen LogP contribution in [0.2, 0.25) is 0 Å². The van der Waals surface area contributed by atoms with E-state index in [4.69, 9.17) is 4.74 Å². The Morgan fingerprint density at radius 1 is 1.13 bits per heavy atom. The number of carbonyl (C=O) groups excluding carboxylic acids is 1. The standard InChI is InChI=1S/C18H19N3O2/c1-11-7-12(2)9-14(8-11)19-17(22)13-5-6-15-16(10-13)20-21(3)18(15)23-4/h5-10H,1-4H3,(H,19,22). The van der Waals surface area contributed by atoms with Crippen molar-refractivity contribution in [1.82, 2.24) is 9.78 Å². The van der Waals surface area contributed by atoms with Gasteiger partial charge in [0.25, 0.3) is 5.91 Å². The zero-order valence-corrected chi connectivity index (χ0v) is 13.7. The van der Waals surface area contributed by atoms with Gasteiger partial charge in [-0.1, -0.05) is 6.07 Å². The molecule has 23 heavy (non-hydrogen) atoms. The number of benzene rings is 2. The summed E-state index contributed by atoms with van der Waals surface area (Å²) in [5.41, 5.74) is 4.33. The number of methoxy groups -OCH3 is 1. The molecule has 0 aliphatic carbocycles. The van der Waals surface area contributed by atoms with Crippen molar-refractivity contribution in [3.8, 4) is 5.88 Å². The number of aromatic nitrogens is 2. The van der Waals surface area contributed by atoms with Gasteiger partial charge in [0.1, 0.15) is 0 Å². The summed E-state index contributed by atoms with van der Waals surface area (Å²) in [6.45, 7) is 4.02. The maximum absolute atomic E-state index is 12.5. The Morgan fingerprint density at radius 2 is 1.83 bits per heavy atom. The molecule has 5 nitrogen and oxygen atoms in total. The summed E-state index contributed by atoms with van der Waals surface area (Å²) in [5, 5.41) is 8.20. The number of anilines is 1. The van der Waals surface area contributed by atoms with E-state index in [-0.39, 0.29) is 5.91 Å². The number of nitrogens with one attached hydrogen (secondary N) is 1. The molecule has 0 saturated heterocycles. The van der Waals surface area contributed by atoms with E-state index >= 15 is 0 Å². The smallest absolute Gasteiger partial charge is 0.255 e. The van der Waals surface area contributed by atoms with Crippen LogP contribution in [0, 0.1) is 13.8 Å². The van der Waals surface area contributed by atoms with Crippen LogP contribution < -0.4 is 10.1 Å². The molecule has 0 fully saturated rings. The maximum atomic E-state index is 12.5. The largest absolute Gasteiger partial charge is 0.481 e. The van der Waals surface area contributed by atoms with Gasteiger partial charge < -0.3 is 10.1 Å². The van der Waals surface area contributed by atoms with Crippen LogP contribution in [0.25, 0.3) is 10.9 Å². The van der Waals surface area contributed by atoms with Gasteiger partial charge in [-0.15, -0.1) is 0 Å². The summed E-state index contributed by atoms with van der Waals surface area (Å²) in [7, 11) is 3.42. The van der Waals surface area contributed by atoms with Gasteiger partial charge in [0.2, 0.25) is 5.88 Å². The van der Waals surface area contributed by atoms with Gasteiger partial charge in [-0.25, -0.2) is 4.68 Å². The zero-order chi connectivity index (χ0) is 16.6. The molecular formula is C18H19N3O2. The van der Waals surface area contributed by atoms with Crippen LogP contribution in [0.1, 0.15) is 21.5 Å². The summed E-state index contributed by atoms with van der Waals surface area (Å²) < 4.78 is 6.98. The minimum absolute atomic E-state index is 0.151. The van der Waals surface area contributed by atoms with E-state index in [0.717, 1.165) is 27.7 Å². The fourth-order valence-electron chi connectivity index (χ4n) is 2.81. The van der Waals surface area contributed by atoms with E-state index in [9.17, 15) is 4.79 Å². The monoisotopic (exact) mass is 309 g/mol. The first kappa shape index (κ1) is 15.1. The average molecular weight is 309 g/mol. The van der Waals surface area contributed by atoms with E-state index in [1.165, 1.54) is 0 Å². The number of amides is 1. The lowest BCUT2D eigenvalue weighted by Crippen LogP contribution is -2.12. The van der Waals surface area contributed by atoms with Crippen molar-refractivity contribution in [2.75, 3.05) is 12.4 Å². The van der Waals surface area contributed by atoms with Crippen LogP contribution in [-0.2, 0) is 7.05 Å². The number of aryl methyl sites for hydroxylation is 3. The Kier molecular flexibility index (Phi) is 3.78. The second-order valence-corrected chi connectivity index (χ2v) is 5.70. The second-order valence-electron chi connectivity index (χ2n) is 5.70. The number of carbonyl (C=O) groups is 1. The van der Waals surface area contributed by atoms with Gasteiger partial charge in [-0.3, -0.25) is 4.79 Å². The molecule has 3 rings (SSSR count). The summed E-state index contributed by atoms with van der Waals surface area (Å²) in [6.07, 6.45) is 0. The SMILES string of the molecule is COc1c2ccc(C(=O)Nc3cc(C)cc(C)c3)cc2nn1C. The van der Waals surface area contributed by atoms with E-state index in [1.54, 1.807) is 23.9 Å². The van der Waals surface area contributed by atoms with Crippen LogP contribution in [0.4, 0.5) is 5.69 Å². The molecule has 0 aliphatic heterocycles. The van der Waals surface area contributed by atoms with Gasteiger partial charge in [-0.2, -0.15) is 5.10 Å². The quantitative estimate of drug-likeness (QED) is 0.806. The van der Waals surface area contributed by atoms with Gasteiger partial charge in [-0.05, 0) is 55.3 Å². The third-order valence-corrected chi connectivity index (χ3v) is 3.71. The molecule has 0 unspecified atom stereocenters. The molecule has 1 amide bonds. The molecule has 0 spiro atoms. The fraction of sp³-hybridized carbons (Fsp3) is 0.222. The fourth-order valence-corrected chi connectivity index (χ4v) is 2.81. The molecule has 1 N–H and O–H groups in total. The Bertz CT molecular complexity index is 876. The van der Waals surface area contributed by atoms with Gasteiger partial charge in [0, 0.05) is 18.3 Å². The van der Waals surface area contributed by atoms with E-state index in [2.05, 4.69) is 16.5 Å². The first-order chi connectivity index (χ1) is 11.0. The second kappa shape index (κ2) is 5.76. The highest BCUT2D eigenvalue weighted by molar-refractivity contribution is 6.06. The van der Waals surface area contributed by atoms with E-state index in [1.807, 2.05) is 39.1 Å². The molecule has 1 heterocycles. The first-order valence-electron chi connectivity index (χ1n) is 7.38. The molecule has 0 bridgehead atoms. The third-order valence-electron chi connectivity index (χ3n) is 3.71. The van der Waals surface area contributed by atoms with E-state index < -0.39 is 0 Å². The van der Waals surface area contributed by atoms with Crippen molar-refractivity contribution in [2.24, 2.45) is 7.05 Å². The summed E-state index contributed by atoms with van der Waals surface area (Å²) in [6, 6.07) is 11.4. The van der Waals surface area contributed by atoms with Crippen LogP contribution >= 0.6 is 0 Å². The lowest BCUT2D eigenvalue weighted by molar-refractivity contribution is 0.102. The van der Waals surface area contributed by atoms with Crippen LogP contribution in [0.5, 0.6) is 5.88 Å². The average Bonchev–Trinajstić information content (AvgIpc) is 2.80. The number of hydrogen-bond acceptors (Lipinski definition) is 3. The molecule has 3 aromatic rings. The number of nitrogens with zero attached hydrogens (tertiary/aromatic N) is 2. The highest BCUT2D eigenvalue weighted by Crippen LogP contribution is 2.25. The van der Waals surface area contributed by atoms with Crippen molar-refractivity contribution < 1.29 is 9.53 Å². The summed E-state index contributed by atoms with van der Waals surface area (Å²) in [5.74, 6) is 0.530. The molecule has 1 aromatic heterocycles. The summed E-state index contributed by atoms with van der Waals surface area (Å²) in [4.78, 5) is 12.5. The normalized spacial score (nSPS) is 10.8. The number of rotatable bonds is 3. The molecule has 0 radical (unpaired) electrons. The highest BCUT2D eigenvalue weighted by Gasteiger charge is 2.13. The van der Waals surface area contributed by atoms with Gasteiger partial charge in [0.05, 0.1) is 18.0 Å². The molecule has 2 aromatic carbocycles. The first-order valence-corrected chi connectivity index (χ1v) is 7.38. The van der Waals surface area contributed by atoms with Crippen molar-refractivity contribution in [1.29, 1.82) is 0 Å². The predicted octanol–water partition coefficient (Wildman–Crippen LogP) is 3.45. The lowest BCUT2D eigenvalue weighted by Gasteiger charge is -2.07. The zero-order valence-electron chi connectivity index (χ0n) is 13.7. The third kappa shape index (κ3) is 2.90. The lowest BCUT2D eigenvalue weighted by atomic mass is 10.1. The minimum atomic E-state index is -0.151. The Hall–Kier alpha value is -2.82. The van der Waals surface area contributed by atoms with Crippen molar-refractivity contribution in [3.05, 3.63) is 53.1 Å². The van der Waals surface area contributed by atoms with Crippen molar-refractivity contribution >= 4 is 22.5 Å².